The molecule has 4 nitrogen and oxygen atoms in total. The Morgan fingerprint density at radius 2 is 1.85 bits per heavy atom. The highest BCUT2D eigenvalue weighted by atomic mass is 19.4. The van der Waals surface area contributed by atoms with E-state index in [0.717, 1.165) is 29.3 Å². The minimum Gasteiger partial charge on any atom is -0.338 e. The van der Waals surface area contributed by atoms with Gasteiger partial charge in [0.15, 0.2) is 0 Å². The zero-order chi connectivity index (χ0) is 18.7. The van der Waals surface area contributed by atoms with E-state index in [-0.39, 0.29) is 24.5 Å². The molecule has 3 rings (SSSR count). The standard InChI is InChI=1S/C18H15F4N3O/c1-11-4-2-3-5-14(11)17-24-16(26-25-17)10-23-9-12-8-13(19)6-7-15(12)18(20,21)22/h2-8,23H,9-10H2,1H3. The van der Waals surface area contributed by atoms with E-state index >= 15 is 0 Å². The number of nitrogens with one attached hydrogen (secondary N) is 1. The number of alkyl halides is 3. The summed E-state index contributed by atoms with van der Waals surface area (Å²) in [6, 6.07) is 9.88. The van der Waals surface area contributed by atoms with Gasteiger partial charge in [-0.1, -0.05) is 29.4 Å². The smallest absolute Gasteiger partial charge is 0.338 e. The maximum absolute atomic E-state index is 13.3. The predicted octanol–water partition coefficient (Wildman–Crippen LogP) is 4.49. The van der Waals surface area contributed by atoms with Crippen molar-refractivity contribution < 1.29 is 22.1 Å². The number of aromatic nitrogens is 2. The van der Waals surface area contributed by atoms with Crippen molar-refractivity contribution in [2.75, 3.05) is 0 Å². The quantitative estimate of drug-likeness (QED) is 0.677. The van der Waals surface area contributed by atoms with Gasteiger partial charge < -0.3 is 9.84 Å². The maximum Gasteiger partial charge on any atom is 0.416 e. The van der Waals surface area contributed by atoms with Gasteiger partial charge in [-0.15, -0.1) is 0 Å². The molecule has 0 aliphatic carbocycles. The molecule has 2 aromatic carbocycles. The molecule has 0 fully saturated rings. The van der Waals surface area contributed by atoms with Gasteiger partial charge in [-0.3, -0.25) is 0 Å². The second-order valence-corrected chi connectivity index (χ2v) is 5.73. The van der Waals surface area contributed by atoms with Crippen molar-refractivity contribution in [2.24, 2.45) is 0 Å². The molecule has 3 aromatic rings. The van der Waals surface area contributed by atoms with Gasteiger partial charge in [0.1, 0.15) is 5.82 Å². The maximum atomic E-state index is 13.3. The second kappa shape index (κ2) is 7.25. The summed E-state index contributed by atoms with van der Waals surface area (Å²) in [5, 5.41) is 6.65. The van der Waals surface area contributed by atoms with Crippen LogP contribution in [-0.2, 0) is 19.3 Å². The lowest BCUT2D eigenvalue weighted by atomic mass is 10.1. The van der Waals surface area contributed by atoms with Crippen molar-refractivity contribution in [2.45, 2.75) is 26.2 Å². The van der Waals surface area contributed by atoms with Crippen LogP contribution in [0.5, 0.6) is 0 Å². The molecule has 0 bridgehead atoms. The molecule has 1 aromatic heterocycles. The second-order valence-electron chi connectivity index (χ2n) is 5.73. The number of aryl methyl sites for hydroxylation is 1. The third-order valence-electron chi connectivity index (χ3n) is 3.82. The average molecular weight is 365 g/mol. The Labute approximate surface area is 146 Å². The molecule has 26 heavy (non-hydrogen) atoms. The Morgan fingerprint density at radius 3 is 2.58 bits per heavy atom. The van der Waals surface area contributed by atoms with Gasteiger partial charge in [0, 0.05) is 12.1 Å². The van der Waals surface area contributed by atoms with Crippen LogP contribution in [0.2, 0.25) is 0 Å². The first-order chi connectivity index (χ1) is 12.3. The topological polar surface area (TPSA) is 51.0 Å². The summed E-state index contributed by atoms with van der Waals surface area (Å²) >= 11 is 0. The predicted molar refractivity (Wildman–Crippen MR) is 86.4 cm³/mol. The molecule has 0 unspecified atom stereocenters. The number of hydrogen-bond acceptors (Lipinski definition) is 4. The first-order valence-electron chi connectivity index (χ1n) is 7.79. The van der Waals surface area contributed by atoms with Gasteiger partial charge >= 0.3 is 6.18 Å². The number of halogens is 4. The minimum absolute atomic E-state index is 0.0622. The van der Waals surface area contributed by atoms with E-state index in [4.69, 9.17) is 4.52 Å². The molecule has 0 aliphatic rings. The molecule has 0 radical (unpaired) electrons. The molecule has 136 valence electrons. The van der Waals surface area contributed by atoms with Crippen LogP contribution in [0.25, 0.3) is 11.4 Å². The lowest BCUT2D eigenvalue weighted by Gasteiger charge is -2.13. The molecule has 0 amide bonds. The summed E-state index contributed by atoms with van der Waals surface area (Å²) in [5.41, 5.74) is 0.725. The molecular weight excluding hydrogens is 350 g/mol. The van der Waals surface area contributed by atoms with E-state index < -0.39 is 17.6 Å². The Kier molecular flexibility index (Phi) is 5.03. The minimum atomic E-state index is -4.55. The van der Waals surface area contributed by atoms with Gasteiger partial charge in [-0.2, -0.15) is 18.2 Å². The van der Waals surface area contributed by atoms with Crippen LogP contribution in [0.15, 0.2) is 47.0 Å². The van der Waals surface area contributed by atoms with Crippen LogP contribution in [0, 0.1) is 12.7 Å². The summed E-state index contributed by atoms with van der Waals surface area (Å²) in [7, 11) is 0. The Hall–Kier alpha value is -2.74. The van der Waals surface area contributed by atoms with Crippen molar-refractivity contribution in [3.8, 4) is 11.4 Å². The summed E-state index contributed by atoms with van der Waals surface area (Å²) in [6.45, 7) is 1.79. The van der Waals surface area contributed by atoms with E-state index in [0.29, 0.717) is 5.82 Å². The molecule has 0 spiro atoms. The van der Waals surface area contributed by atoms with Crippen molar-refractivity contribution in [3.63, 3.8) is 0 Å². The van der Waals surface area contributed by atoms with E-state index in [9.17, 15) is 17.6 Å². The molecule has 0 saturated carbocycles. The van der Waals surface area contributed by atoms with Gasteiger partial charge in [0.25, 0.3) is 0 Å². The number of benzene rings is 2. The third kappa shape index (κ3) is 4.08. The lowest BCUT2D eigenvalue weighted by Crippen LogP contribution is -2.17. The van der Waals surface area contributed by atoms with Crippen molar-refractivity contribution >= 4 is 0 Å². The van der Waals surface area contributed by atoms with Gasteiger partial charge in [0.2, 0.25) is 11.7 Å². The molecule has 1 N–H and O–H groups in total. The van der Waals surface area contributed by atoms with Gasteiger partial charge in [-0.25, -0.2) is 4.39 Å². The van der Waals surface area contributed by atoms with Gasteiger partial charge in [-0.05, 0) is 36.2 Å². The number of hydrogen-bond donors (Lipinski definition) is 1. The molecule has 0 atom stereocenters. The van der Waals surface area contributed by atoms with Crippen molar-refractivity contribution in [1.29, 1.82) is 0 Å². The zero-order valence-corrected chi connectivity index (χ0v) is 13.8. The fraction of sp³-hybridized carbons (Fsp3) is 0.222. The average Bonchev–Trinajstić information content (AvgIpc) is 3.03. The summed E-state index contributed by atoms with van der Waals surface area (Å²) in [6.07, 6.45) is -4.55. The molecule has 8 heteroatoms. The van der Waals surface area contributed by atoms with E-state index in [1.165, 1.54) is 0 Å². The third-order valence-corrected chi connectivity index (χ3v) is 3.82. The SMILES string of the molecule is Cc1ccccc1-c1noc(CNCc2cc(F)ccc2C(F)(F)F)n1. The summed E-state index contributed by atoms with van der Waals surface area (Å²) < 4.78 is 57.3. The molecule has 0 saturated heterocycles. The van der Waals surface area contributed by atoms with Crippen LogP contribution >= 0.6 is 0 Å². The zero-order valence-electron chi connectivity index (χ0n) is 13.8. The first kappa shape index (κ1) is 18.1. The van der Waals surface area contributed by atoms with Gasteiger partial charge in [0.05, 0.1) is 12.1 Å². The van der Waals surface area contributed by atoms with E-state index in [1.54, 1.807) is 0 Å². The summed E-state index contributed by atoms with van der Waals surface area (Å²) in [4.78, 5) is 4.22. The van der Waals surface area contributed by atoms with Crippen LogP contribution < -0.4 is 5.32 Å². The monoisotopic (exact) mass is 365 g/mol. The number of rotatable bonds is 5. The van der Waals surface area contributed by atoms with Crippen LogP contribution in [0.1, 0.15) is 22.6 Å². The normalized spacial score (nSPS) is 11.7. The highest BCUT2D eigenvalue weighted by Gasteiger charge is 2.33. The van der Waals surface area contributed by atoms with Crippen LogP contribution in [0.3, 0.4) is 0 Å². The largest absolute Gasteiger partial charge is 0.416 e. The van der Waals surface area contributed by atoms with Crippen molar-refractivity contribution in [1.82, 2.24) is 15.5 Å². The Bertz CT molecular complexity index is 905. The Morgan fingerprint density at radius 1 is 1.08 bits per heavy atom. The molecule has 1 heterocycles. The number of nitrogens with zero attached hydrogens (tertiary/aromatic N) is 2. The molecular formula is C18H15F4N3O. The first-order valence-corrected chi connectivity index (χ1v) is 7.79. The van der Waals surface area contributed by atoms with E-state index in [1.807, 2.05) is 31.2 Å². The fourth-order valence-electron chi connectivity index (χ4n) is 2.55. The lowest BCUT2D eigenvalue weighted by molar-refractivity contribution is -0.138. The van der Waals surface area contributed by atoms with Crippen molar-refractivity contribution in [3.05, 3.63) is 70.9 Å². The molecule has 0 aliphatic heterocycles. The highest BCUT2D eigenvalue weighted by Crippen LogP contribution is 2.32. The van der Waals surface area contributed by atoms with Crippen LogP contribution in [-0.4, -0.2) is 10.1 Å². The Balaban J connectivity index is 1.68. The fourth-order valence-corrected chi connectivity index (χ4v) is 2.55. The van der Waals surface area contributed by atoms with Crippen LogP contribution in [0.4, 0.5) is 17.6 Å². The highest BCUT2D eigenvalue weighted by molar-refractivity contribution is 5.58. The van der Waals surface area contributed by atoms with E-state index in [2.05, 4.69) is 15.5 Å². The summed E-state index contributed by atoms with van der Waals surface area (Å²) in [5.74, 6) is -0.0933.